The van der Waals surface area contributed by atoms with Gasteiger partial charge in [-0.05, 0) is 41.8 Å². The molecule has 0 unspecified atom stereocenters. The summed E-state index contributed by atoms with van der Waals surface area (Å²) in [4.78, 5) is 14.4. The van der Waals surface area contributed by atoms with Crippen molar-refractivity contribution in [2.45, 2.75) is 31.6 Å². The minimum atomic E-state index is -0.855. The van der Waals surface area contributed by atoms with Crippen molar-refractivity contribution in [3.8, 4) is 0 Å². The zero-order chi connectivity index (χ0) is 19.4. The number of rotatable bonds is 6. The molecule has 1 saturated heterocycles. The molecule has 27 heavy (non-hydrogen) atoms. The van der Waals surface area contributed by atoms with Gasteiger partial charge < -0.3 is 10.6 Å². The van der Waals surface area contributed by atoms with E-state index in [1.54, 1.807) is 13.1 Å². The van der Waals surface area contributed by atoms with Gasteiger partial charge in [0.15, 0.2) is 11.6 Å². The molecule has 0 aromatic heterocycles. The van der Waals surface area contributed by atoms with Crippen LogP contribution in [-0.2, 0) is 17.9 Å². The van der Waals surface area contributed by atoms with Crippen molar-refractivity contribution in [2.75, 3.05) is 13.6 Å². The van der Waals surface area contributed by atoms with Crippen molar-refractivity contribution in [3.63, 3.8) is 0 Å². The van der Waals surface area contributed by atoms with Gasteiger partial charge in [0.2, 0.25) is 5.91 Å². The monoisotopic (exact) mass is 393 g/mol. The van der Waals surface area contributed by atoms with Gasteiger partial charge in [-0.2, -0.15) is 0 Å². The molecule has 1 aliphatic heterocycles. The van der Waals surface area contributed by atoms with Gasteiger partial charge in [0, 0.05) is 37.7 Å². The van der Waals surface area contributed by atoms with Gasteiger partial charge in [0.1, 0.15) is 0 Å². The van der Waals surface area contributed by atoms with Crippen molar-refractivity contribution in [1.82, 2.24) is 15.5 Å². The summed E-state index contributed by atoms with van der Waals surface area (Å²) >= 11 is 6.06. The lowest BCUT2D eigenvalue weighted by atomic mass is 10.1. The van der Waals surface area contributed by atoms with Crippen LogP contribution >= 0.6 is 11.6 Å². The summed E-state index contributed by atoms with van der Waals surface area (Å²) in [6.07, 6.45) is 0.643. The molecule has 1 fully saturated rings. The molecule has 1 amide bonds. The first-order chi connectivity index (χ1) is 13.0. The summed E-state index contributed by atoms with van der Waals surface area (Å²) in [7, 11) is 1.63. The number of benzene rings is 2. The van der Waals surface area contributed by atoms with Crippen molar-refractivity contribution < 1.29 is 13.6 Å². The van der Waals surface area contributed by atoms with Crippen LogP contribution in [0.3, 0.4) is 0 Å². The van der Waals surface area contributed by atoms with Crippen LogP contribution in [0.5, 0.6) is 0 Å². The van der Waals surface area contributed by atoms with E-state index in [9.17, 15) is 13.6 Å². The van der Waals surface area contributed by atoms with E-state index >= 15 is 0 Å². The first kappa shape index (κ1) is 19.7. The predicted octanol–water partition coefficient (Wildman–Crippen LogP) is 3.10. The van der Waals surface area contributed by atoms with Crippen molar-refractivity contribution in [1.29, 1.82) is 0 Å². The third-order valence-corrected chi connectivity index (χ3v) is 5.04. The average molecular weight is 394 g/mol. The molecule has 0 aliphatic carbocycles. The molecule has 0 bridgehead atoms. The molecule has 144 valence electrons. The van der Waals surface area contributed by atoms with Gasteiger partial charge in [-0.1, -0.05) is 29.8 Å². The smallest absolute Gasteiger partial charge is 0.237 e. The molecule has 3 rings (SSSR count). The second-order valence-corrected chi connectivity index (χ2v) is 7.19. The highest BCUT2D eigenvalue weighted by atomic mass is 35.5. The highest BCUT2D eigenvalue weighted by molar-refractivity contribution is 6.30. The molecule has 2 aromatic rings. The summed E-state index contributed by atoms with van der Waals surface area (Å²) in [5, 5.41) is 6.72. The minimum Gasteiger partial charge on any atom is -0.358 e. The van der Waals surface area contributed by atoms with Gasteiger partial charge >= 0.3 is 0 Å². The van der Waals surface area contributed by atoms with Crippen LogP contribution < -0.4 is 10.6 Å². The van der Waals surface area contributed by atoms with Gasteiger partial charge in [0.25, 0.3) is 0 Å². The number of likely N-dealkylation sites (N-methyl/N-ethyl adjacent to an activating group) is 1. The van der Waals surface area contributed by atoms with Crippen LogP contribution in [0, 0.1) is 11.6 Å². The van der Waals surface area contributed by atoms with E-state index in [0.29, 0.717) is 36.6 Å². The Hall–Kier alpha value is -2.02. The maximum Gasteiger partial charge on any atom is 0.237 e. The van der Waals surface area contributed by atoms with Crippen molar-refractivity contribution >= 4 is 17.5 Å². The van der Waals surface area contributed by atoms with E-state index in [-0.39, 0.29) is 18.0 Å². The maximum absolute atomic E-state index is 13.4. The second-order valence-electron chi connectivity index (χ2n) is 6.75. The number of hydrogen-bond acceptors (Lipinski definition) is 3. The molecule has 1 heterocycles. The SMILES string of the molecule is CNC(=O)[C@@H]1C[C@H](NCc2ccc(F)c(F)c2)CN1Cc1cccc(Cl)c1. The van der Waals surface area contributed by atoms with Gasteiger partial charge in [-0.15, -0.1) is 0 Å². The third kappa shape index (κ3) is 5.03. The molecular formula is C20H22ClF2N3O. The molecule has 2 atom stereocenters. The fourth-order valence-corrected chi connectivity index (χ4v) is 3.66. The number of carbonyl (C=O) groups is 1. The quantitative estimate of drug-likeness (QED) is 0.792. The maximum atomic E-state index is 13.4. The highest BCUT2D eigenvalue weighted by Crippen LogP contribution is 2.22. The van der Waals surface area contributed by atoms with Crippen LogP contribution in [0.4, 0.5) is 8.78 Å². The normalized spacial score (nSPS) is 20.0. The number of nitrogens with zero attached hydrogens (tertiary/aromatic N) is 1. The van der Waals surface area contributed by atoms with Crippen LogP contribution in [0.1, 0.15) is 17.5 Å². The third-order valence-electron chi connectivity index (χ3n) is 4.81. The topological polar surface area (TPSA) is 44.4 Å². The molecule has 0 radical (unpaired) electrons. The van der Waals surface area contributed by atoms with E-state index in [0.717, 1.165) is 11.6 Å². The second kappa shape index (κ2) is 8.78. The number of likely N-dealkylation sites (tertiary alicyclic amines) is 1. The standard InChI is InChI=1S/C20H22ClF2N3O/c1-24-20(27)19-9-16(25-10-13-5-6-17(22)18(23)8-13)12-26(19)11-14-3-2-4-15(21)7-14/h2-8,16,19,25H,9-12H2,1H3,(H,24,27)/t16-,19-/m0/s1. The minimum absolute atomic E-state index is 0.0332. The molecule has 0 spiro atoms. The van der Waals surface area contributed by atoms with E-state index < -0.39 is 11.6 Å². The molecule has 7 heteroatoms. The Bertz CT molecular complexity index is 818. The Morgan fingerprint density at radius 2 is 2.00 bits per heavy atom. The number of amides is 1. The zero-order valence-electron chi connectivity index (χ0n) is 15.0. The highest BCUT2D eigenvalue weighted by Gasteiger charge is 2.36. The van der Waals surface area contributed by atoms with Gasteiger partial charge in [-0.25, -0.2) is 8.78 Å². The van der Waals surface area contributed by atoms with Crippen LogP contribution in [0.25, 0.3) is 0 Å². The molecule has 0 saturated carbocycles. The van der Waals surface area contributed by atoms with Crippen molar-refractivity contribution in [3.05, 3.63) is 70.2 Å². The Labute approximate surface area is 162 Å². The van der Waals surface area contributed by atoms with Crippen LogP contribution in [0.15, 0.2) is 42.5 Å². The summed E-state index contributed by atoms with van der Waals surface area (Å²) in [5.41, 5.74) is 1.70. The molecule has 2 N–H and O–H groups in total. The Morgan fingerprint density at radius 3 is 2.70 bits per heavy atom. The van der Waals surface area contributed by atoms with E-state index in [4.69, 9.17) is 11.6 Å². The molecule has 1 aliphatic rings. The van der Waals surface area contributed by atoms with E-state index in [2.05, 4.69) is 15.5 Å². The fraction of sp³-hybridized carbons (Fsp3) is 0.350. The molecule has 4 nitrogen and oxygen atoms in total. The van der Waals surface area contributed by atoms with E-state index in [1.807, 2.05) is 24.3 Å². The molecule has 2 aromatic carbocycles. The zero-order valence-corrected chi connectivity index (χ0v) is 15.8. The first-order valence-corrected chi connectivity index (χ1v) is 9.21. The first-order valence-electron chi connectivity index (χ1n) is 8.83. The lowest BCUT2D eigenvalue weighted by molar-refractivity contribution is -0.125. The van der Waals surface area contributed by atoms with Gasteiger partial charge in [0.05, 0.1) is 6.04 Å². The lowest BCUT2D eigenvalue weighted by Crippen LogP contribution is -2.41. The molecular weight excluding hydrogens is 372 g/mol. The summed E-state index contributed by atoms with van der Waals surface area (Å²) in [6.45, 7) is 1.70. The summed E-state index contributed by atoms with van der Waals surface area (Å²) in [5.74, 6) is -1.74. The number of carbonyl (C=O) groups excluding carboxylic acids is 1. The predicted molar refractivity (Wildman–Crippen MR) is 101 cm³/mol. The summed E-state index contributed by atoms with van der Waals surface area (Å²) < 4.78 is 26.4. The van der Waals surface area contributed by atoms with Crippen LogP contribution in [-0.4, -0.2) is 36.5 Å². The summed E-state index contributed by atoms with van der Waals surface area (Å²) in [6, 6.07) is 11.3. The fourth-order valence-electron chi connectivity index (χ4n) is 3.45. The lowest BCUT2D eigenvalue weighted by Gasteiger charge is -2.23. The number of hydrogen-bond donors (Lipinski definition) is 2. The Kier molecular flexibility index (Phi) is 6.42. The average Bonchev–Trinajstić information content (AvgIpc) is 3.05. The van der Waals surface area contributed by atoms with E-state index in [1.165, 1.54) is 6.07 Å². The van der Waals surface area contributed by atoms with Crippen LogP contribution in [0.2, 0.25) is 5.02 Å². The number of halogens is 3. The Morgan fingerprint density at radius 1 is 1.19 bits per heavy atom. The Balaban J connectivity index is 1.65. The number of nitrogens with one attached hydrogen (secondary N) is 2. The van der Waals surface area contributed by atoms with Gasteiger partial charge in [-0.3, -0.25) is 9.69 Å². The van der Waals surface area contributed by atoms with Crippen molar-refractivity contribution in [2.24, 2.45) is 0 Å². The largest absolute Gasteiger partial charge is 0.358 e.